The minimum atomic E-state index is 0.134. The Labute approximate surface area is 124 Å². The van der Waals surface area contributed by atoms with Crippen LogP contribution in [0.1, 0.15) is 24.8 Å². The zero-order valence-corrected chi connectivity index (χ0v) is 12.1. The van der Waals surface area contributed by atoms with E-state index in [2.05, 4.69) is 22.5 Å². The van der Waals surface area contributed by atoms with Gasteiger partial charge in [-0.1, -0.05) is 18.7 Å². The van der Waals surface area contributed by atoms with Crippen LogP contribution in [0.25, 0.3) is 17.0 Å². The molecule has 4 nitrogen and oxygen atoms in total. The van der Waals surface area contributed by atoms with Gasteiger partial charge in [0.05, 0.1) is 17.7 Å². The highest BCUT2D eigenvalue weighted by molar-refractivity contribution is 5.81. The van der Waals surface area contributed by atoms with Crippen LogP contribution in [-0.4, -0.2) is 35.3 Å². The Morgan fingerprint density at radius 2 is 2.29 bits per heavy atom. The van der Waals surface area contributed by atoms with Crippen molar-refractivity contribution >= 4 is 22.9 Å². The summed E-state index contributed by atoms with van der Waals surface area (Å²) in [6, 6.07) is 6.17. The molecule has 2 aliphatic rings. The first-order valence-corrected chi connectivity index (χ1v) is 7.55. The molecule has 2 saturated heterocycles. The number of hydrogen-bond acceptors (Lipinski definition) is 4. The van der Waals surface area contributed by atoms with Crippen LogP contribution >= 0.6 is 0 Å². The second kappa shape index (κ2) is 4.81. The fourth-order valence-electron chi connectivity index (χ4n) is 3.56. The lowest BCUT2D eigenvalue weighted by molar-refractivity contribution is 0.178. The average Bonchev–Trinajstić information content (AvgIpc) is 3.17. The molecule has 0 radical (unpaired) electrons. The number of anilines is 1. The van der Waals surface area contributed by atoms with E-state index >= 15 is 0 Å². The van der Waals surface area contributed by atoms with Crippen molar-refractivity contribution in [3.05, 3.63) is 36.5 Å². The third-order valence-corrected chi connectivity index (χ3v) is 4.75. The molecule has 0 N–H and O–H groups in total. The average molecular weight is 281 g/mol. The van der Waals surface area contributed by atoms with Crippen LogP contribution in [0, 0.1) is 0 Å². The van der Waals surface area contributed by atoms with Gasteiger partial charge in [0, 0.05) is 24.7 Å². The number of benzene rings is 1. The second-order valence-corrected chi connectivity index (χ2v) is 5.97. The maximum Gasteiger partial charge on any atom is 0.226 e. The maximum atomic E-state index is 5.64. The summed E-state index contributed by atoms with van der Waals surface area (Å²) in [7, 11) is 0. The van der Waals surface area contributed by atoms with Crippen LogP contribution in [0.4, 0.5) is 5.95 Å². The maximum absolute atomic E-state index is 5.64. The summed E-state index contributed by atoms with van der Waals surface area (Å²) in [6.45, 7) is 6.49. The van der Waals surface area contributed by atoms with Crippen molar-refractivity contribution in [2.45, 2.75) is 24.8 Å². The molecule has 4 heteroatoms. The van der Waals surface area contributed by atoms with Gasteiger partial charge in [0.2, 0.25) is 5.95 Å². The molecule has 0 saturated carbocycles. The molecule has 3 heterocycles. The Kier molecular flexibility index (Phi) is 2.93. The van der Waals surface area contributed by atoms with E-state index in [4.69, 9.17) is 9.72 Å². The molecule has 0 aliphatic carbocycles. The molecule has 21 heavy (non-hydrogen) atoms. The van der Waals surface area contributed by atoms with Crippen molar-refractivity contribution in [1.82, 2.24) is 9.97 Å². The Hall–Kier alpha value is -1.94. The fourth-order valence-corrected chi connectivity index (χ4v) is 3.56. The van der Waals surface area contributed by atoms with Crippen molar-refractivity contribution in [2.24, 2.45) is 0 Å². The van der Waals surface area contributed by atoms with Crippen molar-refractivity contribution in [1.29, 1.82) is 0 Å². The second-order valence-electron chi connectivity index (χ2n) is 5.97. The predicted molar refractivity (Wildman–Crippen MR) is 84.4 cm³/mol. The Bertz CT molecular complexity index is 686. The van der Waals surface area contributed by atoms with E-state index in [1.807, 2.05) is 24.4 Å². The molecule has 1 aromatic carbocycles. The monoisotopic (exact) mass is 281 g/mol. The molecule has 1 spiro atoms. The van der Waals surface area contributed by atoms with E-state index in [1.165, 1.54) is 12.8 Å². The van der Waals surface area contributed by atoms with Crippen LogP contribution < -0.4 is 4.90 Å². The molecule has 2 fully saturated rings. The van der Waals surface area contributed by atoms with Crippen molar-refractivity contribution in [3.63, 3.8) is 0 Å². The smallest absolute Gasteiger partial charge is 0.226 e. The molecule has 0 bridgehead atoms. The van der Waals surface area contributed by atoms with Crippen molar-refractivity contribution in [2.75, 3.05) is 24.7 Å². The third-order valence-electron chi connectivity index (χ3n) is 4.75. The number of fused-ring (bicyclic) bond motifs is 1. The normalized spacial score (nSPS) is 25.0. The van der Waals surface area contributed by atoms with E-state index in [0.717, 1.165) is 48.6 Å². The number of hydrogen-bond donors (Lipinski definition) is 0. The van der Waals surface area contributed by atoms with Crippen LogP contribution in [0.3, 0.4) is 0 Å². The molecule has 108 valence electrons. The van der Waals surface area contributed by atoms with Gasteiger partial charge in [-0.2, -0.15) is 0 Å². The highest BCUT2D eigenvalue weighted by atomic mass is 16.5. The van der Waals surface area contributed by atoms with Gasteiger partial charge < -0.3 is 9.64 Å². The van der Waals surface area contributed by atoms with E-state index < -0.39 is 0 Å². The Balaban J connectivity index is 1.75. The summed E-state index contributed by atoms with van der Waals surface area (Å²) in [6.07, 6.45) is 7.24. The van der Waals surface area contributed by atoms with Gasteiger partial charge in [-0.05, 0) is 37.0 Å². The highest BCUT2D eigenvalue weighted by Crippen LogP contribution is 2.38. The van der Waals surface area contributed by atoms with Crippen molar-refractivity contribution in [3.8, 4) is 0 Å². The van der Waals surface area contributed by atoms with Gasteiger partial charge in [-0.15, -0.1) is 0 Å². The van der Waals surface area contributed by atoms with Crippen LogP contribution in [-0.2, 0) is 4.74 Å². The SMILES string of the molecule is C=Cc1ccc2nc(N3CCC[C@@]34CCOC4)ncc2c1. The van der Waals surface area contributed by atoms with Crippen LogP contribution in [0.15, 0.2) is 31.0 Å². The van der Waals surface area contributed by atoms with Gasteiger partial charge in [0.15, 0.2) is 0 Å². The highest BCUT2D eigenvalue weighted by Gasteiger charge is 2.45. The van der Waals surface area contributed by atoms with E-state index in [0.29, 0.717) is 0 Å². The standard InChI is InChI=1S/C17H19N3O/c1-2-13-4-5-15-14(10-13)11-18-16(19-15)20-8-3-6-17(20)7-9-21-12-17/h2,4-5,10-11H,1,3,6-9,12H2/t17-/m0/s1. The van der Waals surface area contributed by atoms with E-state index in [-0.39, 0.29) is 5.54 Å². The summed E-state index contributed by atoms with van der Waals surface area (Å²) < 4.78 is 5.64. The minimum absolute atomic E-state index is 0.134. The molecule has 0 amide bonds. The number of rotatable bonds is 2. The van der Waals surface area contributed by atoms with Gasteiger partial charge in [-0.3, -0.25) is 0 Å². The van der Waals surface area contributed by atoms with Crippen LogP contribution in [0.2, 0.25) is 0 Å². The number of nitrogens with zero attached hydrogens (tertiary/aromatic N) is 3. The molecule has 2 aromatic rings. The van der Waals surface area contributed by atoms with E-state index in [9.17, 15) is 0 Å². The Morgan fingerprint density at radius 3 is 3.10 bits per heavy atom. The zero-order chi connectivity index (χ0) is 14.3. The quantitative estimate of drug-likeness (QED) is 0.848. The summed E-state index contributed by atoms with van der Waals surface area (Å²) in [5.41, 5.74) is 2.22. The summed E-state index contributed by atoms with van der Waals surface area (Å²) in [4.78, 5) is 11.7. The largest absolute Gasteiger partial charge is 0.379 e. The lowest BCUT2D eigenvalue weighted by Gasteiger charge is -2.33. The molecule has 4 rings (SSSR count). The Morgan fingerprint density at radius 1 is 1.33 bits per heavy atom. The number of aromatic nitrogens is 2. The number of ether oxygens (including phenoxy) is 1. The lowest BCUT2D eigenvalue weighted by Crippen LogP contribution is -2.45. The minimum Gasteiger partial charge on any atom is -0.379 e. The van der Waals surface area contributed by atoms with Crippen LogP contribution in [0.5, 0.6) is 0 Å². The van der Waals surface area contributed by atoms with Gasteiger partial charge in [0.25, 0.3) is 0 Å². The van der Waals surface area contributed by atoms with Gasteiger partial charge in [0.1, 0.15) is 0 Å². The lowest BCUT2D eigenvalue weighted by atomic mass is 9.96. The first-order chi connectivity index (χ1) is 10.3. The molecule has 0 unspecified atom stereocenters. The first-order valence-electron chi connectivity index (χ1n) is 7.55. The fraction of sp³-hybridized carbons (Fsp3) is 0.412. The zero-order valence-electron chi connectivity index (χ0n) is 12.1. The van der Waals surface area contributed by atoms with Gasteiger partial charge in [-0.25, -0.2) is 9.97 Å². The van der Waals surface area contributed by atoms with E-state index in [1.54, 1.807) is 0 Å². The summed E-state index contributed by atoms with van der Waals surface area (Å²) >= 11 is 0. The molecule has 1 atom stereocenters. The molecular formula is C17H19N3O. The van der Waals surface area contributed by atoms with Crippen molar-refractivity contribution < 1.29 is 4.74 Å². The summed E-state index contributed by atoms with van der Waals surface area (Å²) in [5, 5.41) is 1.06. The summed E-state index contributed by atoms with van der Waals surface area (Å²) in [5.74, 6) is 0.844. The van der Waals surface area contributed by atoms with Gasteiger partial charge >= 0.3 is 0 Å². The molecule has 1 aromatic heterocycles. The molecular weight excluding hydrogens is 262 g/mol. The molecule has 2 aliphatic heterocycles. The topological polar surface area (TPSA) is 38.2 Å². The first kappa shape index (κ1) is 12.8. The predicted octanol–water partition coefficient (Wildman–Crippen LogP) is 3.03. The third kappa shape index (κ3) is 2.02.